The summed E-state index contributed by atoms with van der Waals surface area (Å²) in [4.78, 5) is -1.73. The van der Waals surface area contributed by atoms with E-state index in [2.05, 4.69) is 0 Å². The molecule has 0 spiro atoms. The van der Waals surface area contributed by atoms with Crippen LogP contribution >= 0.6 is 0 Å². The normalized spacial score (nSPS) is 12.7. The average molecular weight is 256 g/mol. The van der Waals surface area contributed by atoms with E-state index in [0.717, 1.165) is 12.1 Å². The molecule has 0 atom stereocenters. The third-order valence-corrected chi connectivity index (χ3v) is 3.49. The van der Waals surface area contributed by atoms with Gasteiger partial charge in [-0.2, -0.15) is 16.8 Å². The summed E-state index contributed by atoms with van der Waals surface area (Å²) in [5.41, 5.74) is 0.00454. The van der Waals surface area contributed by atoms with Crippen molar-refractivity contribution in [1.29, 1.82) is 0 Å². The van der Waals surface area contributed by atoms with Gasteiger partial charge < -0.3 is 0 Å². The summed E-state index contributed by atoms with van der Waals surface area (Å²) in [7, 11) is -10.1. The van der Waals surface area contributed by atoms with Gasteiger partial charge in [0, 0.05) is 0 Å². The summed E-state index contributed by atoms with van der Waals surface area (Å²) in [5.74, 6) is 0. The molecule has 1 aromatic rings. The van der Waals surface area contributed by atoms with Crippen molar-refractivity contribution in [1.82, 2.24) is 0 Å². The Bertz CT molecular complexity index is 589. The van der Waals surface area contributed by atoms with Gasteiger partial charge in [-0.1, -0.05) is 6.07 Å². The van der Waals surface area contributed by atoms with E-state index in [9.17, 15) is 24.6 Å². The number of hydrogen-bond donors (Lipinski definition) is 0. The molecule has 4 nitrogen and oxygen atoms in total. The average Bonchev–Trinajstić information content (AvgIpc) is 2.00. The zero-order chi connectivity index (χ0) is 11.9. The molecule has 0 aliphatic heterocycles. The van der Waals surface area contributed by atoms with E-state index >= 15 is 0 Å². The second kappa shape index (κ2) is 3.53. The summed E-state index contributed by atoms with van der Waals surface area (Å²) in [6, 6.07) is 2.32. The smallest absolute Gasteiger partial charge is 0.189 e. The molecule has 0 heterocycles. The topological polar surface area (TPSA) is 68.3 Å². The van der Waals surface area contributed by atoms with Crippen molar-refractivity contribution in [2.45, 2.75) is 16.7 Å². The third-order valence-electron chi connectivity index (χ3n) is 1.70. The van der Waals surface area contributed by atoms with Crippen LogP contribution in [0.3, 0.4) is 0 Å². The number of rotatable bonds is 2. The summed E-state index contributed by atoms with van der Waals surface area (Å²) in [5, 5.41) is 0. The van der Waals surface area contributed by atoms with Gasteiger partial charge in [0.05, 0.1) is 4.90 Å². The minimum Gasteiger partial charge on any atom is -0.189 e. The fourth-order valence-electron chi connectivity index (χ4n) is 0.995. The van der Waals surface area contributed by atoms with Crippen LogP contribution in [0.2, 0.25) is 0 Å². The molecule has 0 aliphatic carbocycles. The van der Waals surface area contributed by atoms with E-state index in [1.165, 1.54) is 6.92 Å². The Morgan fingerprint density at radius 3 is 1.93 bits per heavy atom. The van der Waals surface area contributed by atoms with Gasteiger partial charge in [0.1, 0.15) is 4.90 Å². The first-order valence-electron chi connectivity index (χ1n) is 3.62. The molecule has 0 bridgehead atoms. The number of hydrogen-bond acceptors (Lipinski definition) is 4. The SMILES string of the molecule is Cc1ccc(S(=O)(=O)F)cc1S(=O)(=O)F. The molecule has 0 fully saturated rings. The first-order chi connectivity index (χ1) is 6.62. The van der Waals surface area contributed by atoms with E-state index in [1.54, 1.807) is 0 Å². The van der Waals surface area contributed by atoms with Crippen molar-refractivity contribution in [3.8, 4) is 0 Å². The van der Waals surface area contributed by atoms with Gasteiger partial charge in [-0.25, -0.2) is 0 Å². The second-order valence-corrected chi connectivity index (χ2v) is 5.47. The molecular formula is C7H6F2O4S2. The number of benzene rings is 1. The Labute approximate surface area is 86.0 Å². The number of halogens is 2. The monoisotopic (exact) mass is 256 g/mol. The zero-order valence-corrected chi connectivity index (χ0v) is 9.07. The highest BCUT2D eigenvalue weighted by Crippen LogP contribution is 2.22. The van der Waals surface area contributed by atoms with Crippen molar-refractivity contribution in [2.24, 2.45) is 0 Å². The van der Waals surface area contributed by atoms with Crippen LogP contribution in [0.15, 0.2) is 28.0 Å². The lowest BCUT2D eigenvalue weighted by atomic mass is 10.2. The number of aryl methyl sites for hydroxylation is 1. The molecule has 0 aromatic heterocycles. The lowest BCUT2D eigenvalue weighted by molar-refractivity contribution is 0.549. The highest BCUT2D eigenvalue weighted by molar-refractivity contribution is 7.87. The van der Waals surface area contributed by atoms with Crippen LogP contribution in [0, 0.1) is 6.92 Å². The van der Waals surface area contributed by atoms with Crippen LogP contribution in [0.1, 0.15) is 5.56 Å². The predicted molar refractivity (Wildman–Crippen MR) is 47.8 cm³/mol. The maximum absolute atomic E-state index is 12.6. The van der Waals surface area contributed by atoms with Crippen molar-refractivity contribution < 1.29 is 24.6 Å². The molecule has 0 saturated carbocycles. The highest BCUT2D eigenvalue weighted by atomic mass is 32.3. The van der Waals surface area contributed by atoms with Gasteiger partial charge in [0.2, 0.25) is 0 Å². The van der Waals surface area contributed by atoms with E-state index in [4.69, 9.17) is 0 Å². The van der Waals surface area contributed by atoms with Gasteiger partial charge in [0.25, 0.3) is 0 Å². The summed E-state index contributed by atoms with van der Waals surface area (Å²) >= 11 is 0. The van der Waals surface area contributed by atoms with Crippen molar-refractivity contribution in [3.63, 3.8) is 0 Å². The van der Waals surface area contributed by atoms with Crippen LogP contribution in [0.25, 0.3) is 0 Å². The molecule has 15 heavy (non-hydrogen) atoms. The molecule has 1 aromatic carbocycles. The maximum atomic E-state index is 12.6. The molecule has 0 N–H and O–H groups in total. The molecule has 8 heteroatoms. The van der Waals surface area contributed by atoms with Gasteiger partial charge in [-0.15, -0.1) is 7.77 Å². The van der Waals surface area contributed by atoms with E-state index in [0.29, 0.717) is 6.07 Å². The molecule has 0 radical (unpaired) electrons. The van der Waals surface area contributed by atoms with Crippen molar-refractivity contribution >= 4 is 20.4 Å². The van der Waals surface area contributed by atoms with Crippen LogP contribution in [0.5, 0.6) is 0 Å². The second-order valence-electron chi connectivity index (χ2n) is 2.80. The summed E-state index contributed by atoms with van der Waals surface area (Å²) < 4.78 is 67.1. The fraction of sp³-hybridized carbons (Fsp3) is 0.143. The molecule has 84 valence electrons. The Kier molecular flexibility index (Phi) is 2.83. The molecule has 0 aliphatic rings. The van der Waals surface area contributed by atoms with Gasteiger partial charge in [-0.05, 0) is 24.6 Å². The minimum atomic E-state index is -5.05. The first-order valence-corrected chi connectivity index (χ1v) is 6.39. The highest BCUT2D eigenvalue weighted by Gasteiger charge is 2.20. The minimum absolute atomic E-state index is 0.00454. The first kappa shape index (κ1) is 12.1. The van der Waals surface area contributed by atoms with Crippen molar-refractivity contribution in [2.75, 3.05) is 0 Å². The molecule has 0 saturated heterocycles. The van der Waals surface area contributed by atoms with Crippen LogP contribution in [0.4, 0.5) is 7.77 Å². The van der Waals surface area contributed by atoms with Crippen LogP contribution in [-0.4, -0.2) is 16.8 Å². The van der Waals surface area contributed by atoms with Gasteiger partial charge in [-0.3, -0.25) is 0 Å². The Morgan fingerprint density at radius 1 is 1.00 bits per heavy atom. The lowest BCUT2D eigenvalue weighted by Crippen LogP contribution is -1.99. The third kappa shape index (κ3) is 2.72. The Morgan fingerprint density at radius 2 is 1.53 bits per heavy atom. The Hall–Kier alpha value is -1.02. The van der Waals surface area contributed by atoms with Crippen LogP contribution < -0.4 is 0 Å². The predicted octanol–water partition coefficient (Wildman–Crippen LogP) is 1.31. The quantitative estimate of drug-likeness (QED) is 0.748. The van der Waals surface area contributed by atoms with E-state index in [1.807, 2.05) is 0 Å². The summed E-state index contributed by atoms with van der Waals surface area (Å²) in [6.45, 7) is 1.26. The molecular weight excluding hydrogens is 250 g/mol. The standard InChI is InChI=1S/C7H6F2O4S2/c1-5-2-3-6(14(8,10)11)4-7(5)15(9,12)13/h2-4H,1H3. The van der Waals surface area contributed by atoms with E-state index < -0.39 is 30.2 Å². The van der Waals surface area contributed by atoms with Gasteiger partial charge in [0.15, 0.2) is 0 Å². The van der Waals surface area contributed by atoms with Gasteiger partial charge >= 0.3 is 20.4 Å². The Balaban J connectivity index is 3.57. The lowest BCUT2D eigenvalue weighted by Gasteiger charge is -2.01. The maximum Gasteiger partial charge on any atom is 0.332 e. The largest absolute Gasteiger partial charge is 0.332 e. The van der Waals surface area contributed by atoms with Crippen molar-refractivity contribution in [3.05, 3.63) is 23.8 Å². The van der Waals surface area contributed by atoms with Crippen LogP contribution in [-0.2, 0) is 20.4 Å². The molecule has 0 amide bonds. The fourth-order valence-corrected chi connectivity index (χ4v) is 2.28. The molecule has 1 rings (SSSR count). The summed E-state index contributed by atoms with van der Waals surface area (Å²) in [6.07, 6.45) is 0. The van der Waals surface area contributed by atoms with E-state index in [-0.39, 0.29) is 5.56 Å². The molecule has 0 unspecified atom stereocenters. The zero-order valence-electron chi connectivity index (χ0n) is 7.44.